The highest BCUT2D eigenvalue weighted by atomic mass is 15.0. The smallest absolute Gasteiger partial charge is 0.134 e. The van der Waals surface area contributed by atoms with E-state index in [4.69, 9.17) is 5.73 Å². The summed E-state index contributed by atoms with van der Waals surface area (Å²) in [6, 6.07) is 0. The molecule has 1 atom stereocenters. The molecule has 0 bridgehead atoms. The largest absolute Gasteiger partial charge is 0.383 e. The Kier molecular flexibility index (Phi) is 4.54. The monoisotopic (exact) mass is 250 g/mol. The van der Waals surface area contributed by atoms with Gasteiger partial charge in [0, 0.05) is 12.1 Å². The Balaban J connectivity index is 2.83. The Morgan fingerprint density at radius 2 is 1.83 bits per heavy atom. The van der Waals surface area contributed by atoms with E-state index in [1.807, 2.05) is 0 Å². The van der Waals surface area contributed by atoms with Gasteiger partial charge < -0.3 is 11.1 Å². The normalized spacial score (nSPS) is 13.7. The molecule has 1 aromatic rings. The van der Waals surface area contributed by atoms with Crippen LogP contribution in [0.5, 0.6) is 0 Å². The number of nitrogens with two attached hydrogens (primary N) is 1. The van der Waals surface area contributed by atoms with Crippen molar-refractivity contribution in [2.24, 2.45) is 11.3 Å². The molecule has 0 saturated heterocycles. The summed E-state index contributed by atoms with van der Waals surface area (Å²) in [4.78, 5) is 8.38. The van der Waals surface area contributed by atoms with Gasteiger partial charge in [-0.25, -0.2) is 9.97 Å². The minimum atomic E-state index is 0.281. The van der Waals surface area contributed by atoms with Crippen LogP contribution < -0.4 is 11.1 Å². The summed E-state index contributed by atoms with van der Waals surface area (Å²) in [6.07, 6.45) is 1.52. The third-order valence-electron chi connectivity index (χ3n) is 3.55. The van der Waals surface area contributed by atoms with Crippen molar-refractivity contribution in [1.82, 2.24) is 9.97 Å². The first-order chi connectivity index (χ1) is 8.23. The zero-order valence-electron chi connectivity index (χ0n) is 12.4. The summed E-state index contributed by atoms with van der Waals surface area (Å²) in [6.45, 7) is 14.1. The number of nitrogens with one attached hydrogen (secondary N) is 1. The van der Waals surface area contributed by atoms with Crippen LogP contribution in [0.2, 0.25) is 0 Å². The SMILES string of the molecule is CC(C)c1c(N)ncnc1NCC(C)C(C)(C)C. The van der Waals surface area contributed by atoms with Crippen molar-refractivity contribution in [2.75, 3.05) is 17.6 Å². The molecule has 0 aliphatic rings. The van der Waals surface area contributed by atoms with Gasteiger partial charge in [0.2, 0.25) is 0 Å². The molecule has 3 N–H and O–H groups in total. The number of aromatic nitrogens is 2. The van der Waals surface area contributed by atoms with Gasteiger partial charge in [0.15, 0.2) is 0 Å². The first kappa shape index (κ1) is 14.7. The van der Waals surface area contributed by atoms with Crippen molar-refractivity contribution >= 4 is 11.6 Å². The van der Waals surface area contributed by atoms with E-state index in [-0.39, 0.29) is 5.41 Å². The van der Waals surface area contributed by atoms with Crippen LogP contribution in [0.3, 0.4) is 0 Å². The highest BCUT2D eigenvalue weighted by molar-refractivity contribution is 5.56. The number of rotatable bonds is 4. The van der Waals surface area contributed by atoms with Gasteiger partial charge in [-0.3, -0.25) is 0 Å². The maximum atomic E-state index is 5.92. The van der Waals surface area contributed by atoms with Crippen molar-refractivity contribution in [3.8, 4) is 0 Å². The lowest BCUT2D eigenvalue weighted by Crippen LogP contribution is -2.25. The predicted molar refractivity (Wildman–Crippen MR) is 77.6 cm³/mol. The van der Waals surface area contributed by atoms with Crippen molar-refractivity contribution in [3.63, 3.8) is 0 Å². The Morgan fingerprint density at radius 3 is 2.33 bits per heavy atom. The van der Waals surface area contributed by atoms with E-state index in [0.717, 1.165) is 17.9 Å². The molecule has 18 heavy (non-hydrogen) atoms. The fourth-order valence-electron chi connectivity index (χ4n) is 1.68. The van der Waals surface area contributed by atoms with Gasteiger partial charge in [-0.15, -0.1) is 0 Å². The highest BCUT2D eigenvalue weighted by Gasteiger charge is 2.20. The topological polar surface area (TPSA) is 63.8 Å². The third kappa shape index (κ3) is 3.59. The molecule has 0 saturated carbocycles. The average Bonchev–Trinajstić information content (AvgIpc) is 2.23. The van der Waals surface area contributed by atoms with Gasteiger partial charge in [-0.2, -0.15) is 0 Å². The maximum absolute atomic E-state index is 5.92. The second-order valence-corrected chi connectivity index (χ2v) is 6.32. The molecule has 1 rings (SSSR count). The molecule has 0 spiro atoms. The van der Waals surface area contributed by atoms with E-state index < -0.39 is 0 Å². The molecule has 0 fully saturated rings. The van der Waals surface area contributed by atoms with Crippen LogP contribution >= 0.6 is 0 Å². The van der Waals surface area contributed by atoms with Crippen LogP contribution in [0, 0.1) is 11.3 Å². The molecule has 0 aromatic carbocycles. The molecule has 1 aromatic heterocycles. The van der Waals surface area contributed by atoms with Gasteiger partial charge in [-0.05, 0) is 17.3 Å². The molecule has 0 radical (unpaired) electrons. The zero-order chi connectivity index (χ0) is 13.9. The number of nitrogen functional groups attached to an aromatic ring is 1. The summed E-state index contributed by atoms with van der Waals surface area (Å²) in [7, 11) is 0. The summed E-state index contributed by atoms with van der Waals surface area (Å²) >= 11 is 0. The minimum Gasteiger partial charge on any atom is -0.383 e. The van der Waals surface area contributed by atoms with Crippen molar-refractivity contribution < 1.29 is 0 Å². The molecule has 4 nitrogen and oxygen atoms in total. The van der Waals surface area contributed by atoms with Crippen LogP contribution in [-0.4, -0.2) is 16.5 Å². The van der Waals surface area contributed by atoms with Crippen molar-refractivity contribution in [2.45, 2.75) is 47.5 Å². The van der Waals surface area contributed by atoms with Crippen LogP contribution in [-0.2, 0) is 0 Å². The van der Waals surface area contributed by atoms with E-state index in [1.165, 1.54) is 6.33 Å². The van der Waals surface area contributed by atoms with Gasteiger partial charge in [0.25, 0.3) is 0 Å². The van der Waals surface area contributed by atoms with Gasteiger partial charge in [-0.1, -0.05) is 41.5 Å². The summed E-state index contributed by atoms with van der Waals surface area (Å²) < 4.78 is 0. The lowest BCUT2D eigenvalue weighted by molar-refractivity contribution is 0.274. The molecule has 4 heteroatoms. The summed E-state index contributed by atoms with van der Waals surface area (Å²) in [5.74, 6) is 2.31. The van der Waals surface area contributed by atoms with Crippen LogP contribution in [0.25, 0.3) is 0 Å². The third-order valence-corrected chi connectivity index (χ3v) is 3.55. The summed E-state index contributed by atoms with van der Waals surface area (Å²) in [5, 5.41) is 3.41. The van der Waals surface area contributed by atoms with Crippen LogP contribution in [0.15, 0.2) is 6.33 Å². The van der Waals surface area contributed by atoms with Crippen LogP contribution in [0.1, 0.15) is 53.0 Å². The Morgan fingerprint density at radius 1 is 1.22 bits per heavy atom. The lowest BCUT2D eigenvalue weighted by Gasteiger charge is -2.28. The Bertz CT molecular complexity index is 393. The second kappa shape index (κ2) is 5.55. The first-order valence-corrected chi connectivity index (χ1v) is 6.57. The highest BCUT2D eigenvalue weighted by Crippen LogP contribution is 2.29. The molecule has 0 amide bonds. The molecule has 102 valence electrons. The first-order valence-electron chi connectivity index (χ1n) is 6.57. The predicted octanol–water partition coefficient (Wildman–Crippen LogP) is 3.28. The average molecular weight is 250 g/mol. The number of hydrogen-bond acceptors (Lipinski definition) is 4. The van der Waals surface area contributed by atoms with Crippen molar-refractivity contribution in [1.29, 1.82) is 0 Å². The lowest BCUT2D eigenvalue weighted by atomic mass is 9.82. The van der Waals surface area contributed by atoms with E-state index in [0.29, 0.717) is 17.7 Å². The van der Waals surface area contributed by atoms with Gasteiger partial charge in [0.1, 0.15) is 18.0 Å². The van der Waals surface area contributed by atoms with Crippen molar-refractivity contribution in [3.05, 3.63) is 11.9 Å². The Hall–Kier alpha value is -1.32. The quantitative estimate of drug-likeness (QED) is 0.860. The molecule has 1 unspecified atom stereocenters. The van der Waals surface area contributed by atoms with Gasteiger partial charge >= 0.3 is 0 Å². The Labute approximate surface area is 110 Å². The van der Waals surface area contributed by atoms with E-state index in [9.17, 15) is 0 Å². The number of hydrogen-bond donors (Lipinski definition) is 2. The van der Waals surface area contributed by atoms with Gasteiger partial charge in [0.05, 0.1) is 0 Å². The number of nitrogens with zero attached hydrogens (tertiary/aromatic N) is 2. The fourth-order valence-corrected chi connectivity index (χ4v) is 1.68. The molecule has 0 aliphatic heterocycles. The van der Waals surface area contributed by atoms with E-state index in [2.05, 4.69) is 56.8 Å². The van der Waals surface area contributed by atoms with E-state index in [1.54, 1.807) is 0 Å². The van der Waals surface area contributed by atoms with E-state index >= 15 is 0 Å². The maximum Gasteiger partial charge on any atom is 0.134 e. The molecule has 1 heterocycles. The molecular weight excluding hydrogens is 224 g/mol. The fraction of sp³-hybridized carbons (Fsp3) is 0.714. The zero-order valence-corrected chi connectivity index (χ0v) is 12.4. The number of anilines is 2. The standard InChI is InChI=1S/C14H26N4/c1-9(2)11-12(15)17-8-18-13(11)16-7-10(3)14(4,5)6/h8-10H,7H2,1-6H3,(H3,15,16,17,18). The molecule has 0 aliphatic carbocycles. The minimum absolute atomic E-state index is 0.281. The van der Waals surface area contributed by atoms with Crippen LogP contribution in [0.4, 0.5) is 11.6 Å². The second-order valence-electron chi connectivity index (χ2n) is 6.32. The summed E-state index contributed by atoms with van der Waals surface area (Å²) in [5.41, 5.74) is 7.22. The molecular formula is C14H26N4.